The van der Waals surface area contributed by atoms with Crippen LogP contribution in [-0.2, 0) is 0 Å². The summed E-state index contributed by atoms with van der Waals surface area (Å²) in [5.41, 5.74) is 0. The lowest BCUT2D eigenvalue weighted by atomic mass is 9.64. The number of thiocarbonyl (C=S) groups is 1. The van der Waals surface area contributed by atoms with Gasteiger partial charge in [-0.2, -0.15) is 0 Å². The van der Waals surface area contributed by atoms with Crippen molar-refractivity contribution < 1.29 is 8.78 Å². The summed E-state index contributed by atoms with van der Waals surface area (Å²) in [4.78, 5) is 4.26. The third-order valence-corrected chi connectivity index (χ3v) is 8.03. The van der Waals surface area contributed by atoms with E-state index in [2.05, 4.69) is 17.1 Å². The molecule has 154 valence electrons. The van der Waals surface area contributed by atoms with Gasteiger partial charge in [0.1, 0.15) is 12.3 Å². The second-order valence-electron chi connectivity index (χ2n) is 9.55. The molecular weight excluding hydrogens is 360 g/mol. The van der Waals surface area contributed by atoms with Crippen molar-refractivity contribution in [2.75, 3.05) is 0 Å². The smallest absolute Gasteiger partial charge is 0.106 e. The first kappa shape index (κ1) is 21.4. The van der Waals surface area contributed by atoms with Crippen LogP contribution in [0.25, 0.3) is 0 Å². The highest BCUT2D eigenvalue weighted by atomic mass is 32.1. The van der Waals surface area contributed by atoms with Crippen molar-refractivity contribution in [2.45, 2.75) is 109 Å². The Bertz CT molecular complexity index is 479. The molecule has 3 aliphatic rings. The van der Waals surface area contributed by atoms with Crippen molar-refractivity contribution in [3.05, 3.63) is 0 Å². The normalized spacial score (nSPS) is 43.1. The molecule has 0 aromatic heterocycles. The molecule has 0 aromatic carbocycles. The lowest BCUT2D eigenvalue weighted by molar-refractivity contribution is -0.0119. The topological polar surface area (TPSA) is 12.4 Å². The van der Waals surface area contributed by atoms with E-state index in [4.69, 9.17) is 12.2 Å². The van der Waals surface area contributed by atoms with E-state index in [0.717, 1.165) is 56.8 Å². The summed E-state index contributed by atoms with van der Waals surface area (Å²) >= 11 is 4.73. The molecule has 2 unspecified atom stereocenters. The number of unbranched alkanes of at least 4 members (excludes halogenated alkanes) is 1. The fraction of sp³-hybridized carbons (Fsp3) is 0.957. The van der Waals surface area contributed by atoms with Crippen molar-refractivity contribution in [3.63, 3.8) is 0 Å². The van der Waals surface area contributed by atoms with Crippen molar-refractivity contribution in [1.29, 1.82) is 0 Å². The number of nitrogens with zero attached hydrogens (tertiary/aromatic N) is 1. The summed E-state index contributed by atoms with van der Waals surface area (Å²) in [6.07, 6.45) is 11.8. The Kier molecular flexibility index (Phi) is 8.26. The van der Waals surface area contributed by atoms with Gasteiger partial charge >= 0.3 is 0 Å². The van der Waals surface area contributed by atoms with Gasteiger partial charge in [0.15, 0.2) is 0 Å². The Morgan fingerprint density at radius 1 is 0.852 bits per heavy atom. The average Bonchev–Trinajstić information content (AvgIpc) is 2.67. The summed E-state index contributed by atoms with van der Waals surface area (Å²) in [6.45, 7) is 2.15. The lowest BCUT2D eigenvalue weighted by Gasteiger charge is -2.43. The lowest BCUT2D eigenvalue weighted by Crippen LogP contribution is -2.42. The minimum Gasteiger partial charge on any atom is -0.247 e. The second-order valence-corrected chi connectivity index (χ2v) is 9.74. The maximum Gasteiger partial charge on any atom is 0.106 e. The van der Waals surface area contributed by atoms with E-state index in [1.54, 1.807) is 0 Å². The Morgan fingerprint density at radius 3 is 1.89 bits per heavy atom. The van der Waals surface area contributed by atoms with Gasteiger partial charge in [-0.15, -0.1) is 0 Å². The van der Waals surface area contributed by atoms with Gasteiger partial charge in [-0.25, -0.2) is 13.8 Å². The zero-order valence-electron chi connectivity index (χ0n) is 16.9. The van der Waals surface area contributed by atoms with E-state index in [9.17, 15) is 8.78 Å². The van der Waals surface area contributed by atoms with Crippen LogP contribution in [0, 0.1) is 29.6 Å². The maximum atomic E-state index is 14.9. The molecule has 3 fully saturated rings. The number of rotatable bonds is 6. The van der Waals surface area contributed by atoms with Gasteiger partial charge in [0.05, 0.1) is 11.2 Å². The molecule has 0 bridgehead atoms. The van der Waals surface area contributed by atoms with E-state index < -0.39 is 12.3 Å². The van der Waals surface area contributed by atoms with Crippen molar-refractivity contribution in [3.8, 4) is 0 Å². The molecule has 0 spiro atoms. The predicted molar refractivity (Wildman–Crippen MR) is 112 cm³/mol. The van der Waals surface area contributed by atoms with Crippen LogP contribution in [-0.4, -0.2) is 23.5 Å². The third kappa shape index (κ3) is 5.60. The molecule has 0 aromatic rings. The number of aliphatic imine (C=N–C) groups is 1. The second kappa shape index (κ2) is 10.4. The minimum atomic E-state index is -0.917. The van der Waals surface area contributed by atoms with Crippen LogP contribution < -0.4 is 0 Å². The van der Waals surface area contributed by atoms with Gasteiger partial charge in [-0.3, -0.25) is 0 Å². The molecule has 3 saturated carbocycles. The van der Waals surface area contributed by atoms with Gasteiger partial charge in [0.25, 0.3) is 0 Å². The number of alkyl halides is 2. The van der Waals surface area contributed by atoms with Gasteiger partial charge in [-0.1, -0.05) is 26.2 Å². The number of hydrogen-bond donors (Lipinski definition) is 0. The minimum absolute atomic E-state index is 0.271. The van der Waals surface area contributed by atoms with Crippen LogP contribution in [0.2, 0.25) is 0 Å². The van der Waals surface area contributed by atoms with Gasteiger partial charge in [0, 0.05) is 5.92 Å². The van der Waals surface area contributed by atoms with Crippen molar-refractivity contribution in [2.24, 2.45) is 34.6 Å². The monoisotopic (exact) mass is 397 g/mol. The third-order valence-electron chi connectivity index (χ3n) is 7.92. The van der Waals surface area contributed by atoms with Crippen LogP contribution in [0.3, 0.4) is 0 Å². The molecule has 0 amide bonds. The maximum absolute atomic E-state index is 14.9. The first-order valence-corrected chi connectivity index (χ1v) is 11.9. The highest BCUT2D eigenvalue weighted by molar-refractivity contribution is 7.78. The van der Waals surface area contributed by atoms with Crippen LogP contribution in [0.5, 0.6) is 0 Å². The van der Waals surface area contributed by atoms with Gasteiger partial charge in [-0.05, 0) is 100 Å². The SMILES string of the molecule is CCCCC1CC(F)C(C2CCC(C3CCC(N=C=S)CC3)CC2)C(F)C1. The van der Waals surface area contributed by atoms with Crippen LogP contribution in [0.1, 0.15) is 90.4 Å². The highest BCUT2D eigenvalue weighted by Gasteiger charge is 2.44. The molecular formula is C23H37F2NS. The number of isothiocyanates is 1. The zero-order valence-corrected chi connectivity index (χ0v) is 17.7. The van der Waals surface area contributed by atoms with Crippen molar-refractivity contribution >= 4 is 17.4 Å². The zero-order chi connectivity index (χ0) is 19.2. The molecule has 0 saturated heterocycles. The molecule has 0 aliphatic heterocycles. The average molecular weight is 398 g/mol. The first-order valence-electron chi connectivity index (χ1n) is 11.5. The molecule has 3 rings (SSSR count). The molecule has 0 N–H and O–H groups in total. The van der Waals surface area contributed by atoms with Crippen molar-refractivity contribution in [1.82, 2.24) is 0 Å². The number of halogens is 2. The molecule has 4 heteroatoms. The predicted octanol–water partition coefficient (Wildman–Crippen LogP) is 7.35. The van der Waals surface area contributed by atoms with Crippen LogP contribution in [0.15, 0.2) is 4.99 Å². The first-order chi connectivity index (χ1) is 13.1. The van der Waals surface area contributed by atoms with Gasteiger partial charge < -0.3 is 0 Å². The van der Waals surface area contributed by atoms with E-state index in [0.29, 0.717) is 18.9 Å². The molecule has 27 heavy (non-hydrogen) atoms. The summed E-state index contributed by atoms with van der Waals surface area (Å²) < 4.78 is 29.7. The Hall–Kier alpha value is -0.340. The summed E-state index contributed by atoms with van der Waals surface area (Å²) in [5, 5.41) is 2.53. The number of hydrogen-bond acceptors (Lipinski definition) is 2. The van der Waals surface area contributed by atoms with E-state index in [-0.39, 0.29) is 17.8 Å². The Labute approximate surface area is 169 Å². The quantitative estimate of drug-likeness (QED) is 0.337. The molecule has 0 heterocycles. The molecule has 1 nitrogen and oxygen atoms in total. The van der Waals surface area contributed by atoms with E-state index in [1.807, 2.05) is 0 Å². The largest absolute Gasteiger partial charge is 0.247 e. The van der Waals surface area contributed by atoms with Gasteiger partial charge in [0.2, 0.25) is 0 Å². The Balaban J connectivity index is 1.46. The van der Waals surface area contributed by atoms with Crippen LogP contribution >= 0.6 is 12.2 Å². The highest BCUT2D eigenvalue weighted by Crippen LogP contribution is 2.47. The standard InChI is InChI=1S/C23H37F2NS/c1-2-3-4-16-13-21(24)23(22(25)14-16)19-7-5-17(6-8-19)18-9-11-20(12-10-18)26-15-27/h16-23H,2-14H2,1H3. The molecule has 3 aliphatic carbocycles. The fourth-order valence-corrected chi connectivity index (χ4v) is 6.52. The Morgan fingerprint density at radius 2 is 1.37 bits per heavy atom. The summed E-state index contributed by atoms with van der Waals surface area (Å²) in [5.74, 6) is 1.77. The fourth-order valence-electron chi connectivity index (χ4n) is 6.37. The summed E-state index contributed by atoms with van der Waals surface area (Å²) in [7, 11) is 0. The van der Waals surface area contributed by atoms with E-state index in [1.165, 1.54) is 25.7 Å². The van der Waals surface area contributed by atoms with Crippen LogP contribution in [0.4, 0.5) is 8.78 Å². The molecule has 2 atom stereocenters. The molecule has 0 radical (unpaired) electrons. The summed E-state index contributed by atoms with van der Waals surface area (Å²) in [6, 6.07) is 0.387. The van der Waals surface area contributed by atoms with E-state index >= 15 is 0 Å².